The summed E-state index contributed by atoms with van der Waals surface area (Å²) >= 11 is 0. The summed E-state index contributed by atoms with van der Waals surface area (Å²) in [6.07, 6.45) is 3.90. The van der Waals surface area contributed by atoms with Gasteiger partial charge in [-0.05, 0) is 71.1 Å². The number of rotatable bonds is 2. The molecular formula is C19H26N4O2. The molecular weight excluding hydrogens is 316 g/mol. The minimum Gasteiger partial charge on any atom is -0.341 e. The maximum Gasteiger partial charge on any atom is 0.124 e. The average molecular weight is 342 g/mol. The molecule has 5 rings (SSSR count). The Bertz CT molecular complexity index is 812. The van der Waals surface area contributed by atoms with Gasteiger partial charge in [0.05, 0.1) is 22.8 Å². The lowest BCUT2D eigenvalue weighted by Gasteiger charge is -2.26. The average Bonchev–Trinajstić information content (AvgIpc) is 3.29. The molecule has 0 amide bonds. The molecule has 6 heteroatoms. The van der Waals surface area contributed by atoms with Crippen LogP contribution in [0.3, 0.4) is 0 Å². The van der Waals surface area contributed by atoms with Crippen molar-refractivity contribution in [3.63, 3.8) is 0 Å². The summed E-state index contributed by atoms with van der Waals surface area (Å²) in [5.74, 6) is 1.78. The first kappa shape index (κ1) is 15.6. The third kappa shape index (κ3) is 2.31. The number of hydrogen-bond acceptors (Lipinski definition) is 5. The highest BCUT2D eigenvalue weighted by Crippen LogP contribution is 2.43. The van der Waals surface area contributed by atoms with Crippen LogP contribution in [0.25, 0.3) is 11.0 Å². The fourth-order valence-electron chi connectivity index (χ4n) is 4.20. The molecule has 1 saturated carbocycles. The van der Waals surface area contributed by atoms with Gasteiger partial charge in [-0.25, -0.2) is 14.7 Å². The number of imidazole rings is 1. The van der Waals surface area contributed by atoms with Gasteiger partial charge in [0.25, 0.3) is 0 Å². The number of nitrogens with zero attached hydrogens (tertiary/aromatic N) is 2. The van der Waals surface area contributed by atoms with Crippen LogP contribution in [0.4, 0.5) is 5.69 Å². The predicted molar refractivity (Wildman–Crippen MR) is 95.9 cm³/mol. The van der Waals surface area contributed by atoms with E-state index in [9.17, 15) is 0 Å². The summed E-state index contributed by atoms with van der Waals surface area (Å²) in [4.78, 5) is 20.4. The standard InChI is InChI=1S/C19H26N4O2/c1-18(2)19(3,4)25-23(24-18)13-7-8-14-15(10-13)22-17(21-14)16-11-5-6-12(9-11)20-16/h7-8,10-12,16,20H,5-6,9H2,1-4H3,(H,21,22)/t11-,12+,16-/m0/s1. The molecule has 2 aromatic rings. The van der Waals surface area contributed by atoms with E-state index in [1.54, 1.807) is 0 Å². The van der Waals surface area contributed by atoms with E-state index in [2.05, 4.69) is 16.4 Å². The molecule has 25 heavy (non-hydrogen) atoms. The van der Waals surface area contributed by atoms with Crippen molar-refractivity contribution in [2.24, 2.45) is 5.92 Å². The molecule has 3 heterocycles. The topological polar surface area (TPSA) is 62.4 Å². The molecule has 0 spiro atoms. The van der Waals surface area contributed by atoms with Crippen molar-refractivity contribution >= 4 is 16.7 Å². The van der Waals surface area contributed by atoms with Crippen molar-refractivity contribution in [3.05, 3.63) is 24.0 Å². The summed E-state index contributed by atoms with van der Waals surface area (Å²) < 4.78 is 0. The second-order valence-corrected chi connectivity index (χ2v) is 8.70. The predicted octanol–water partition coefficient (Wildman–Crippen LogP) is 3.62. The van der Waals surface area contributed by atoms with Gasteiger partial charge in [-0.15, -0.1) is 5.23 Å². The van der Waals surface area contributed by atoms with Crippen LogP contribution < -0.4 is 10.5 Å². The minimum atomic E-state index is -0.395. The van der Waals surface area contributed by atoms with E-state index in [-0.39, 0.29) is 0 Å². The van der Waals surface area contributed by atoms with Crippen molar-refractivity contribution in [3.8, 4) is 0 Å². The smallest absolute Gasteiger partial charge is 0.124 e. The first-order chi connectivity index (χ1) is 11.8. The van der Waals surface area contributed by atoms with Crippen molar-refractivity contribution < 1.29 is 9.68 Å². The van der Waals surface area contributed by atoms with Crippen LogP contribution in [0.2, 0.25) is 0 Å². The van der Waals surface area contributed by atoms with Gasteiger partial charge in [0.1, 0.15) is 17.0 Å². The van der Waals surface area contributed by atoms with Gasteiger partial charge >= 0.3 is 0 Å². The van der Waals surface area contributed by atoms with E-state index >= 15 is 0 Å². The van der Waals surface area contributed by atoms with Crippen LogP contribution in [0.15, 0.2) is 18.2 Å². The van der Waals surface area contributed by atoms with Crippen molar-refractivity contribution in [2.75, 3.05) is 5.23 Å². The maximum absolute atomic E-state index is 6.01. The monoisotopic (exact) mass is 342 g/mol. The van der Waals surface area contributed by atoms with Crippen LogP contribution in [-0.2, 0) is 9.68 Å². The third-order valence-corrected chi connectivity index (χ3v) is 6.42. The zero-order valence-electron chi connectivity index (χ0n) is 15.3. The number of benzene rings is 1. The van der Waals surface area contributed by atoms with Gasteiger partial charge in [-0.1, -0.05) is 0 Å². The molecule has 1 aromatic carbocycles. The number of piperidine rings is 1. The Labute approximate surface area is 147 Å². The highest BCUT2D eigenvalue weighted by molar-refractivity contribution is 5.79. The number of H-pyrrole nitrogens is 1. The minimum absolute atomic E-state index is 0.367. The Kier molecular flexibility index (Phi) is 3.10. The molecule has 134 valence electrons. The van der Waals surface area contributed by atoms with E-state index in [1.165, 1.54) is 24.5 Å². The SMILES string of the molecule is CC1(C)ON(c2ccc3nc([C@H]4N[C@@H]5CC[C@H]4C5)[nH]c3c2)OC1(C)C. The third-order valence-electron chi connectivity index (χ3n) is 6.42. The van der Waals surface area contributed by atoms with E-state index in [0.29, 0.717) is 12.1 Å². The highest BCUT2D eigenvalue weighted by Gasteiger charge is 2.50. The molecule has 3 aliphatic rings. The van der Waals surface area contributed by atoms with Gasteiger partial charge in [0.15, 0.2) is 0 Å². The summed E-state index contributed by atoms with van der Waals surface area (Å²) in [5, 5.41) is 5.24. The molecule has 1 aromatic heterocycles. The summed E-state index contributed by atoms with van der Waals surface area (Å²) in [7, 11) is 0. The number of aromatic amines is 1. The molecule has 2 saturated heterocycles. The fraction of sp³-hybridized carbons (Fsp3) is 0.632. The lowest BCUT2D eigenvalue weighted by Crippen LogP contribution is -2.41. The zero-order chi connectivity index (χ0) is 17.4. The number of anilines is 1. The summed E-state index contributed by atoms with van der Waals surface area (Å²) in [6, 6.07) is 7.12. The van der Waals surface area contributed by atoms with Crippen molar-refractivity contribution in [2.45, 2.75) is 70.2 Å². The second-order valence-electron chi connectivity index (χ2n) is 8.70. The van der Waals surface area contributed by atoms with Gasteiger partial charge in [-0.3, -0.25) is 0 Å². The second kappa shape index (κ2) is 4.96. The molecule has 1 aliphatic carbocycles. The number of aromatic nitrogens is 2. The first-order valence-electron chi connectivity index (χ1n) is 9.26. The molecule has 3 atom stereocenters. The fourth-order valence-corrected chi connectivity index (χ4v) is 4.20. The number of nitrogens with one attached hydrogen (secondary N) is 2. The molecule has 2 N–H and O–H groups in total. The molecule has 3 fully saturated rings. The molecule has 0 unspecified atom stereocenters. The molecule has 2 aliphatic heterocycles. The van der Waals surface area contributed by atoms with E-state index < -0.39 is 11.2 Å². The Balaban J connectivity index is 1.45. The van der Waals surface area contributed by atoms with Crippen molar-refractivity contribution in [1.82, 2.24) is 15.3 Å². The molecule has 6 nitrogen and oxygen atoms in total. The number of hydrogen-bond donors (Lipinski definition) is 2. The van der Waals surface area contributed by atoms with Crippen LogP contribution >= 0.6 is 0 Å². The largest absolute Gasteiger partial charge is 0.341 e. The molecule has 2 bridgehead atoms. The maximum atomic E-state index is 6.01. The van der Waals surface area contributed by atoms with E-state index in [0.717, 1.165) is 28.5 Å². The van der Waals surface area contributed by atoms with Crippen LogP contribution in [0.1, 0.15) is 58.8 Å². The lowest BCUT2D eigenvalue weighted by atomic mass is 9.90. The Hall–Kier alpha value is -1.63. The van der Waals surface area contributed by atoms with E-state index in [1.807, 2.05) is 39.8 Å². The number of fused-ring (bicyclic) bond motifs is 3. The van der Waals surface area contributed by atoms with Crippen molar-refractivity contribution in [1.29, 1.82) is 0 Å². The van der Waals surface area contributed by atoms with E-state index in [4.69, 9.17) is 14.7 Å². The molecule has 0 radical (unpaired) electrons. The first-order valence-corrected chi connectivity index (χ1v) is 9.26. The quantitative estimate of drug-likeness (QED) is 0.873. The summed E-state index contributed by atoms with van der Waals surface area (Å²) in [6.45, 7) is 8.17. The normalized spacial score (nSPS) is 32.8. The Morgan fingerprint density at radius 2 is 1.88 bits per heavy atom. The Morgan fingerprint density at radius 1 is 1.12 bits per heavy atom. The van der Waals surface area contributed by atoms with Crippen LogP contribution in [0, 0.1) is 5.92 Å². The van der Waals surface area contributed by atoms with Crippen LogP contribution in [0.5, 0.6) is 0 Å². The summed E-state index contributed by atoms with van der Waals surface area (Å²) in [5.41, 5.74) is 2.09. The lowest BCUT2D eigenvalue weighted by molar-refractivity contribution is -0.0272. The highest BCUT2D eigenvalue weighted by atomic mass is 17.0. The van der Waals surface area contributed by atoms with Gasteiger partial charge in [0.2, 0.25) is 0 Å². The zero-order valence-corrected chi connectivity index (χ0v) is 15.3. The van der Waals surface area contributed by atoms with Gasteiger partial charge < -0.3 is 10.3 Å². The van der Waals surface area contributed by atoms with Gasteiger partial charge in [0, 0.05) is 6.04 Å². The van der Waals surface area contributed by atoms with Gasteiger partial charge in [-0.2, -0.15) is 0 Å². The Morgan fingerprint density at radius 3 is 2.52 bits per heavy atom. The van der Waals surface area contributed by atoms with Crippen LogP contribution in [-0.4, -0.2) is 27.2 Å².